The zero-order chi connectivity index (χ0) is 16.4. The Morgan fingerprint density at radius 3 is 2.91 bits per heavy atom. The molecule has 0 fully saturated rings. The number of nitrogens with one attached hydrogen (secondary N) is 1. The highest BCUT2D eigenvalue weighted by molar-refractivity contribution is 5.88. The Labute approximate surface area is 133 Å². The number of benzene rings is 1. The fourth-order valence-electron chi connectivity index (χ4n) is 2.31. The van der Waals surface area contributed by atoms with Crippen LogP contribution in [-0.2, 0) is 6.54 Å². The Kier molecular flexibility index (Phi) is 4.10. The molecule has 1 aromatic heterocycles. The standard InChI is InChI=1S/C16H17FN4O2/c1-10-7-15(20-19-11(10)2)18-16(22)21-5-6-23-14-8-13(17)4-3-12(14)9-21/h3-4,7-8H,5-6,9H2,1-2H3,(H,18,20,22). The average molecular weight is 316 g/mol. The Morgan fingerprint density at radius 1 is 1.30 bits per heavy atom. The third kappa shape index (κ3) is 3.39. The molecular weight excluding hydrogens is 299 g/mol. The van der Waals surface area contributed by atoms with Gasteiger partial charge in [-0.05, 0) is 31.5 Å². The SMILES string of the molecule is Cc1cc(NC(=O)N2CCOc3cc(F)ccc3C2)nnc1C. The van der Waals surface area contributed by atoms with Crippen LogP contribution in [0.15, 0.2) is 24.3 Å². The predicted molar refractivity (Wildman–Crippen MR) is 82.8 cm³/mol. The third-order valence-corrected chi connectivity index (χ3v) is 3.76. The van der Waals surface area contributed by atoms with E-state index in [0.717, 1.165) is 16.8 Å². The number of carbonyl (C=O) groups is 1. The minimum atomic E-state index is -0.355. The lowest BCUT2D eigenvalue weighted by molar-refractivity contribution is 0.200. The molecule has 2 heterocycles. The van der Waals surface area contributed by atoms with Gasteiger partial charge in [0.1, 0.15) is 18.2 Å². The minimum absolute atomic E-state index is 0.289. The fourth-order valence-corrected chi connectivity index (χ4v) is 2.31. The molecule has 0 atom stereocenters. The summed E-state index contributed by atoms with van der Waals surface area (Å²) >= 11 is 0. The first kappa shape index (κ1) is 15.2. The Morgan fingerprint density at radius 2 is 2.13 bits per heavy atom. The van der Waals surface area contributed by atoms with Crippen molar-refractivity contribution in [2.75, 3.05) is 18.5 Å². The van der Waals surface area contributed by atoms with Gasteiger partial charge in [0.05, 0.1) is 18.8 Å². The summed E-state index contributed by atoms with van der Waals surface area (Å²) < 4.78 is 18.8. The molecule has 0 bridgehead atoms. The Balaban J connectivity index is 1.74. The zero-order valence-electron chi connectivity index (χ0n) is 13.0. The summed E-state index contributed by atoms with van der Waals surface area (Å²) in [5.74, 6) is 0.529. The molecule has 0 unspecified atom stereocenters. The lowest BCUT2D eigenvalue weighted by Gasteiger charge is -2.20. The molecule has 0 spiro atoms. The van der Waals surface area contributed by atoms with Gasteiger partial charge in [0.15, 0.2) is 5.82 Å². The predicted octanol–water partition coefficient (Wildman–Crippen LogP) is 2.66. The van der Waals surface area contributed by atoms with Crippen LogP contribution in [0.5, 0.6) is 5.75 Å². The van der Waals surface area contributed by atoms with Crippen molar-refractivity contribution < 1.29 is 13.9 Å². The molecule has 2 aromatic rings. The van der Waals surface area contributed by atoms with Crippen LogP contribution in [0.2, 0.25) is 0 Å². The molecule has 7 heteroatoms. The van der Waals surface area contributed by atoms with E-state index in [-0.39, 0.29) is 11.8 Å². The van der Waals surface area contributed by atoms with Crippen molar-refractivity contribution in [3.63, 3.8) is 0 Å². The molecule has 1 aliphatic heterocycles. The molecule has 0 saturated carbocycles. The normalized spacial score (nSPS) is 13.8. The fraction of sp³-hybridized carbons (Fsp3) is 0.312. The van der Waals surface area contributed by atoms with E-state index >= 15 is 0 Å². The van der Waals surface area contributed by atoms with Gasteiger partial charge in [-0.25, -0.2) is 9.18 Å². The van der Waals surface area contributed by atoms with Crippen molar-refractivity contribution in [3.05, 3.63) is 46.9 Å². The maximum Gasteiger partial charge on any atom is 0.323 e. The van der Waals surface area contributed by atoms with E-state index in [9.17, 15) is 9.18 Å². The molecule has 6 nitrogen and oxygen atoms in total. The van der Waals surface area contributed by atoms with E-state index in [4.69, 9.17) is 4.74 Å². The summed E-state index contributed by atoms with van der Waals surface area (Å²) in [6.45, 7) is 4.82. The first-order valence-electron chi connectivity index (χ1n) is 7.31. The highest BCUT2D eigenvalue weighted by atomic mass is 19.1. The molecule has 0 aliphatic carbocycles. The van der Waals surface area contributed by atoms with Crippen LogP contribution in [0.4, 0.5) is 15.0 Å². The van der Waals surface area contributed by atoms with Gasteiger partial charge in [-0.1, -0.05) is 6.07 Å². The minimum Gasteiger partial charge on any atom is -0.491 e. The highest BCUT2D eigenvalue weighted by Crippen LogP contribution is 2.24. The number of halogens is 1. The van der Waals surface area contributed by atoms with Gasteiger partial charge in [-0.3, -0.25) is 5.32 Å². The van der Waals surface area contributed by atoms with Gasteiger partial charge in [0.25, 0.3) is 0 Å². The van der Waals surface area contributed by atoms with E-state index < -0.39 is 0 Å². The summed E-state index contributed by atoms with van der Waals surface area (Å²) in [6.07, 6.45) is 0. The smallest absolute Gasteiger partial charge is 0.323 e. The van der Waals surface area contributed by atoms with E-state index in [2.05, 4.69) is 15.5 Å². The second-order valence-electron chi connectivity index (χ2n) is 5.45. The maximum atomic E-state index is 13.3. The van der Waals surface area contributed by atoms with Crippen LogP contribution in [0, 0.1) is 19.7 Å². The number of aryl methyl sites for hydroxylation is 2. The van der Waals surface area contributed by atoms with Crippen molar-refractivity contribution in [2.24, 2.45) is 0 Å². The summed E-state index contributed by atoms with van der Waals surface area (Å²) in [5, 5.41) is 10.7. The largest absolute Gasteiger partial charge is 0.491 e. The van der Waals surface area contributed by atoms with Crippen LogP contribution in [0.1, 0.15) is 16.8 Å². The van der Waals surface area contributed by atoms with Crippen LogP contribution < -0.4 is 10.1 Å². The summed E-state index contributed by atoms with van der Waals surface area (Å²) in [4.78, 5) is 14.0. The van der Waals surface area contributed by atoms with E-state index in [1.807, 2.05) is 13.8 Å². The average Bonchev–Trinajstić information content (AvgIpc) is 2.73. The number of fused-ring (bicyclic) bond motifs is 1. The van der Waals surface area contributed by atoms with E-state index in [1.54, 1.807) is 17.0 Å². The quantitative estimate of drug-likeness (QED) is 0.878. The molecule has 0 radical (unpaired) electrons. The highest BCUT2D eigenvalue weighted by Gasteiger charge is 2.20. The molecule has 2 amide bonds. The van der Waals surface area contributed by atoms with Crippen LogP contribution in [0.25, 0.3) is 0 Å². The molecule has 1 aliphatic rings. The Hall–Kier alpha value is -2.70. The number of carbonyl (C=O) groups excluding carboxylic acids is 1. The first-order chi connectivity index (χ1) is 11.0. The van der Waals surface area contributed by atoms with Gasteiger partial charge in [0, 0.05) is 11.6 Å². The first-order valence-corrected chi connectivity index (χ1v) is 7.31. The number of hydrogen-bond acceptors (Lipinski definition) is 4. The number of nitrogens with zero attached hydrogens (tertiary/aromatic N) is 3. The van der Waals surface area contributed by atoms with Crippen molar-refractivity contribution in [3.8, 4) is 5.75 Å². The Bertz CT molecular complexity index is 751. The van der Waals surface area contributed by atoms with E-state index in [0.29, 0.717) is 31.3 Å². The third-order valence-electron chi connectivity index (χ3n) is 3.76. The topological polar surface area (TPSA) is 67.4 Å². The van der Waals surface area contributed by atoms with Gasteiger partial charge in [0.2, 0.25) is 0 Å². The molecule has 3 rings (SSSR count). The lowest BCUT2D eigenvalue weighted by Crippen LogP contribution is -2.36. The number of rotatable bonds is 1. The van der Waals surface area contributed by atoms with Crippen molar-refractivity contribution in [1.29, 1.82) is 0 Å². The lowest BCUT2D eigenvalue weighted by atomic mass is 10.2. The van der Waals surface area contributed by atoms with Crippen LogP contribution >= 0.6 is 0 Å². The van der Waals surface area contributed by atoms with Crippen molar-refractivity contribution in [2.45, 2.75) is 20.4 Å². The molecule has 1 N–H and O–H groups in total. The van der Waals surface area contributed by atoms with Crippen LogP contribution in [-0.4, -0.2) is 34.3 Å². The summed E-state index contributed by atoms with van der Waals surface area (Å²) in [6, 6.07) is 5.82. The second kappa shape index (κ2) is 6.20. The zero-order valence-corrected chi connectivity index (χ0v) is 13.0. The molecule has 23 heavy (non-hydrogen) atoms. The van der Waals surface area contributed by atoms with E-state index in [1.165, 1.54) is 12.1 Å². The number of amides is 2. The van der Waals surface area contributed by atoms with Gasteiger partial charge in [-0.2, -0.15) is 5.10 Å². The van der Waals surface area contributed by atoms with Gasteiger partial charge < -0.3 is 9.64 Å². The number of aromatic nitrogens is 2. The number of ether oxygens (including phenoxy) is 1. The van der Waals surface area contributed by atoms with Crippen molar-refractivity contribution in [1.82, 2.24) is 15.1 Å². The molecular formula is C16H17FN4O2. The number of anilines is 1. The number of hydrogen-bond donors (Lipinski definition) is 1. The number of urea groups is 1. The molecule has 1 aromatic carbocycles. The van der Waals surface area contributed by atoms with Crippen molar-refractivity contribution >= 4 is 11.8 Å². The monoisotopic (exact) mass is 316 g/mol. The second-order valence-corrected chi connectivity index (χ2v) is 5.45. The summed E-state index contributed by atoms with van der Waals surface area (Å²) in [5.41, 5.74) is 2.54. The summed E-state index contributed by atoms with van der Waals surface area (Å²) in [7, 11) is 0. The van der Waals surface area contributed by atoms with Crippen LogP contribution in [0.3, 0.4) is 0 Å². The molecule has 120 valence electrons. The molecule has 0 saturated heterocycles. The van der Waals surface area contributed by atoms with Gasteiger partial charge >= 0.3 is 6.03 Å². The van der Waals surface area contributed by atoms with Gasteiger partial charge in [-0.15, -0.1) is 5.10 Å². The maximum absolute atomic E-state index is 13.3.